The number of rotatable bonds is 3. The van der Waals surface area contributed by atoms with E-state index in [0.717, 1.165) is 44.5 Å². The lowest BCUT2D eigenvalue weighted by atomic mass is 9.94. The number of aryl methyl sites for hydroxylation is 1. The third kappa shape index (κ3) is 2.06. The Balaban J connectivity index is 2.04. The quantitative estimate of drug-likeness (QED) is 0.475. The summed E-state index contributed by atoms with van der Waals surface area (Å²) in [5.41, 5.74) is 3.90. The van der Waals surface area contributed by atoms with E-state index < -0.39 is 0 Å². The van der Waals surface area contributed by atoms with Crippen LogP contribution in [0, 0.1) is 10.1 Å². The number of nitro groups is 1. The largest absolute Gasteiger partial charge is 0.299 e. The van der Waals surface area contributed by atoms with Gasteiger partial charge in [0.25, 0.3) is 5.69 Å². The van der Waals surface area contributed by atoms with Crippen molar-refractivity contribution >= 4 is 5.69 Å². The van der Waals surface area contributed by atoms with E-state index in [0.29, 0.717) is 11.6 Å². The van der Waals surface area contributed by atoms with Crippen LogP contribution in [0.3, 0.4) is 0 Å². The molecular formula is C15H18N2O2. The maximum Gasteiger partial charge on any atom is 0.272 e. The van der Waals surface area contributed by atoms with E-state index in [1.165, 1.54) is 11.1 Å². The second-order valence-electron chi connectivity index (χ2n) is 5.43. The summed E-state index contributed by atoms with van der Waals surface area (Å²) in [6, 6.07) is 3.65. The van der Waals surface area contributed by atoms with E-state index in [1.807, 2.05) is 12.1 Å². The summed E-state index contributed by atoms with van der Waals surface area (Å²) >= 11 is 0. The van der Waals surface area contributed by atoms with Crippen LogP contribution in [0.2, 0.25) is 0 Å². The Labute approximate surface area is 112 Å². The summed E-state index contributed by atoms with van der Waals surface area (Å²) in [5.74, 6) is 0.465. The Bertz CT molecular complexity index is 539. The standard InChI is InChI=1S/C15H18N2O2/c1-2-8-16-9-7-13-14(17(18)19)6-5-11-3-4-12(10-16)15(11)13/h2,5-6,12H,1,3-4,7-10H2. The number of benzene rings is 1. The molecule has 0 bridgehead atoms. The molecule has 0 saturated heterocycles. The molecular weight excluding hydrogens is 240 g/mol. The molecule has 0 aromatic heterocycles. The fourth-order valence-electron chi connectivity index (χ4n) is 3.54. The second-order valence-corrected chi connectivity index (χ2v) is 5.43. The van der Waals surface area contributed by atoms with Gasteiger partial charge in [-0.15, -0.1) is 6.58 Å². The van der Waals surface area contributed by atoms with Crippen LogP contribution in [0.1, 0.15) is 29.0 Å². The molecule has 0 N–H and O–H groups in total. The topological polar surface area (TPSA) is 46.4 Å². The molecule has 0 amide bonds. The summed E-state index contributed by atoms with van der Waals surface area (Å²) in [6.07, 6.45) is 4.88. The number of nitro benzene ring substituents is 1. The molecule has 1 aliphatic heterocycles. The molecule has 19 heavy (non-hydrogen) atoms. The van der Waals surface area contributed by atoms with Crippen molar-refractivity contribution < 1.29 is 4.92 Å². The van der Waals surface area contributed by atoms with Gasteiger partial charge in [-0.3, -0.25) is 15.0 Å². The van der Waals surface area contributed by atoms with Crippen LogP contribution in [0.5, 0.6) is 0 Å². The first-order valence-electron chi connectivity index (χ1n) is 6.83. The molecule has 3 rings (SSSR count). The minimum atomic E-state index is -0.228. The van der Waals surface area contributed by atoms with Crippen LogP contribution in [-0.2, 0) is 12.8 Å². The van der Waals surface area contributed by atoms with Crippen molar-refractivity contribution in [3.8, 4) is 0 Å². The molecule has 1 aromatic rings. The van der Waals surface area contributed by atoms with Crippen molar-refractivity contribution in [3.63, 3.8) is 0 Å². The van der Waals surface area contributed by atoms with Crippen molar-refractivity contribution in [3.05, 3.63) is 51.6 Å². The SMILES string of the molecule is C=CCN1CCc2c([N+](=O)[O-])ccc3c2C(CC3)C1. The summed E-state index contributed by atoms with van der Waals surface area (Å²) in [7, 11) is 0. The Morgan fingerprint density at radius 3 is 3.05 bits per heavy atom. The Morgan fingerprint density at radius 1 is 1.47 bits per heavy atom. The van der Waals surface area contributed by atoms with E-state index in [4.69, 9.17) is 0 Å². The highest BCUT2D eigenvalue weighted by Gasteiger charge is 2.33. The van der Waals surface area contributed by atoms with Gasteiger partial charge >= 0.3 is 0 Å². The number of hydrogen-bond acceptors (Lipinski definition) is 3. The lowest BCUT2D eigenvalue weighted by Gasteiger charge is -2.21. The van der Waals surface area contributed by atoms with Gasteiger partial charge in [0, 0.05) is 31.3 Å². The van der Waals surface area contributed by atoms with Gasteiger partial charge in [-0.25, -0.2) is 0 Å². The van der Waals surface area contributed by atoms with Gasteiger partial charge in [0.1, 0.15) is 0 Å². The molecule has 0 spiro atoms. The highest BCUT2D eigenvalue weighted by molar-refractivity contribution is 5.53. The van der Waals surface area contributed by atoms with Gasteiger partial charge in [0.2, 0.25) is 0 Å². The molecule has 0 saturated carbocycles. The summed E-state index contributed by atoms with van der Waals surface area (Å²) < 4.78 is 0. The minimum Gasteiger partial charge on any atom is -0.299 e. The number of hydrogen-bond donors (Lipinski definition) is 0. The zero-order valence-electron chi connectivity index (χ0n) is 11.0. The zero-order valence-corrected chi connectivity index (χ0v) is 11.0. The van der Waals surface area contributed by atoms with Gasteiger partial charge < -0.3 is 0 Å². The van der Waals surface area contributed by atoms with Crippen molar-refractivity contribution in [1.82, 2.24) is 4.90 Å². The summed E-state index contributed by atoms with van der Waals surface area (Å²) in [5, 5.41) is 11.2. The molecule has 0 radical (unpaired) electrons. The average Bonchev–Trinajstić information content (AvgIpc) is 2.69. The van der Waals surface area contributed by atoms with Crippen molar-refractivity contribution in [1.29, 1.82) is 0 Å². The highest BCUT2D eigenvalue weighted by atomic mass is 16.6. The molecule has 100 valence electrons. The Morgan fingerprint density at radius 2 is 2.32 bits per heavy atom. The van der Waals surface area contributed by atoms with Gasteiger partial charge in [0.15, 0.2) is 0 Å². The molecule has 1 aliphatic carbocycles. The van der Waals surface area contributed by atoms with E-state index in [-0.39, 0.29) is 4.92 Å². The van der Waals surface area contributed by atoms with Crippen molar-refractivity contribution in [2.75, 3.05) is 19.6 Å². The van der Waals surface area contributed by atoms with E-state index in [1.54, 1.807) is 6.07 Å². The van der Waals surface area contributed by atoms with Gasteiger partial charge in [-0.1, -0.05) is 12.1 Å². The maximum atomic E-state index is 11.2. The molecule has 4 nitrogen and oxygen atoms in total. The fraction of sp³-hybridized carbons (Fsp3) is 0.467. The Hall–Kier alpha value is -1.68. The zero-order chi connectivity index (χ0) is 13.4. The molecule has 1 aromatic carbocycles. The molecule has 0 fully saturated rings. The van der Waals surface area contributed by atoms with Gasteiger partial charge in [-0.05, 0) is 36.3 Å². The normalized spacial score (nSPS) is 21.8. The second kappa shape index (κ2) is 4.78. The lowest BCUT2D eigenvalue weighted by molar-refractivity contribution is -0.385. The van der Waals surface area contributed by atoms with Crippen LogP contribution in [-0.4, -0.2) is 29.5 Å². The fourth-order valence-corrected chi connectivity index (χ4v) is 3.54. The molecule has 4 heteroatoms. The minimum absolute atomic E-state index is 0.228. The van der Waals surface area contributed by atoms with Crippen LogP contribution in [0.4, 0.5) is 5.69 Å². The maximum absolute atomic E-state index is 11.2. The predicted octanol–water partition coefficient (Wildman–Crippen LogP) is 2.67. The van der Waals surface area contributed by atoms with Crippen LogP contribution in [0.25, 0.3) is 0 Å². The third-order valence-corrected chi connectivity index (χ3v) is 4.33. The predicted molar refractivity (Wildman–Crippen MR) is 74.5 cm³/mol. The summed E-state index contributed by atoms with van der Waals surface area (Å²) in [4.78, 5) is 13.3. The van der Waals surface area contributed by atoms with Gasteiger partial charge in [0.05, 0.1) is 4.92 Å². The highest BCUT2D eigenvalue weighted by Crippen LogP contribution is 2.41. The van der Waals surface area contributed by atoms with Gasteiger partial charge in [-0.2, -0.15) is 0 Å². The van der Waals surface area contributed by atoms with Crippen LogP contribution >= 0.6 is 0 Å². The van der Waals surface area contributed by atoms with E-state index in [2.05, 4.69) is 11.5 Å². The molecule has 1 unspecified atom stereocenters. The smallest absolute Gasteiger partial charge is 0.272 e. The first-order chi connectivity index (χ1) is 9.20. The number of nitrogens with zero attached hydrogens (tertiary/aromatic N) is 2. The van der Waals surface area contributed by atoms with Crippen molar-refractivity contribution in [2.24, 2.45) is 0 Å². The molecule has 2 aliphatic rings. The van der Waals surface area contributed by atoms with E-state index in [9.17, 15) is 10.1 Å². The summed E-state index contributed by atoms with van der Waals surface area (Å²) in [6.45, 7) is 6.56. The first-order valence-corrected chi connectivity index (χ1v) is 6.83. The lowest BCUT2D eigenvalue weighted by Crippen LogP contribution is -2.28. The first kappa shape index (κ1) is 12.4. The third-order valence-electron chi connectivity index (χ3n) is 4.33. The van der Waals surface area contributed by atoms with Crippen LogP contribution < -0.4 is 0 Å². The van der Waals surface area contributed by atoms with Crippen molar-refractivity contribution in [2.45, 2.75) is 25.2 Å². The molecule has 1 heterocycles. The van der Waals surface area contributed by atoms with E-state index >= 15 is 0 Å². The monoisotopic (exact) mass is 258 g/mol. The average molecular weight is 258 g/mol. The molecule has 1 atom stereocenters. The Kier molecular flexibility index (Phi) is 3.11. The van der Waals surface area contributed by atoms with Crippen LogP contribution in [0.15, 0.2) is 24.8 Å².